The van der Waals surface area contributed by atoms with E-state index in [1.54, 1.807) is 23.6 Å². The number of fused-ring (bicyclic) bond motifs is 1. The van der Waals surface area contributed by atoms with E-state index in [1.807, 2.05) is 0 Å². The number of nitrogens with zero attached hydrogens (tertiary/aromatic N) is 2. The molecule has 0 saturated carbocycles. The van der Waals surface area contributed by atoms with Crippen LogP contribution in [0.15, 0.2) is 42.6 Å². The summed E-state index contributed by atoms with van der Waals surface area (Å²) >= 11 is 1.59. The fourth-order valence-corrected chi connectivity index (χ4v) is 5.51. The van der Waals surface area contributed by atoms with Crippen molar-refractivity contribution >= 4 is 27.5 Å². The van der Waals surface area contributed by atoms with Crippen LogP contribution in [-0.4, -0.2) is 48.7 Å². The summed E-state index contributed by atoms with van der Waals surface area (Å²) in [4.78, 5) is 20.8. The van der Waals surface area contributed by atoms with E-state index in [0.29, 0.717) is 18.8 Å². The molecular formula is C27H34N2O3S. The van der Waals surface area contributed by atoms with E-state index in [2.05, 4.69) is 54.1 Å². The Morgan fingerprint density at radius 3 is 2.76 bits per heavy atom. The minimum Gasteiger partial charge on any atom is -0.462 e. The van der Waals surface area contributed by atoms with E-state index in [0.717, 1.165) is 53.1 Å². The molecule has 4 rings (SSSR count). The first kappa shape index (κ1) is 23.9. The van der Waals surface area contributed by atoms with Crippen molar-refractivity contribution in [2.75, 3.05) is 32.8 Å². The maximum atomic E-state index is 12.7. The summed E-state index contributed by atoms with van der Waals surface area (Å²) in [5.74, 6) is -0.275. The zero-order valence-corrected chi connectivity index (χ0v) is 20.5. The van der Waals surface area contributed by atoms with Crippen LogP contribution in [0, 0.1) is 6.92 Å². The SMILES string of the molecule is CCCCOC(=O)c1ccnc2cc(C(OCCN3CCCCC3)c3ccccc3C)sc12. The third-order valence-corrected chi connectivity index (χ3v) is 7.45. The quantitative estimate of drug-likeness (QED) is 0.265. The number of benzene rings is 1. The van der Waals surface area contributed by atoms with E-state index in [1.165, 1.54) is 24.8 Å². The second-order valence-corrected chi connectivity index (χ2v) is 9.80. The summed E-state index contributed by atoms with van der Waals surface area (Å²) in [5, 5.41) is 0. The molecule has 3 aromatic rings. The molecule has 0 radical (unpaired) electrons. The lowest BCUT2D eigenvalue weighted by Crippen LogP contribution is -2.33. The Labute approximate surface area is 200 Å². The molecule has 2 aromatic heterocycles. The number of pyridine rings is 1. The van der Waals surface area contributed by atoms with Crippen molar-refractivity contribution in [3.05, 3.63) is 64.2 Å². The molecule has 1 saturated heterocycles. The molecule has 1 aliphatic heterocycles. The van der Waals surface area contributed by atoms with Gasteiger partial charge in [0.15, 0.2) is 0 Å². The minimum atomic E-state index is -0.275. The molecule has 0 N–H and O–H groups in total. The van der Waals surface area contributed by atoms with Crippen LogP contribution in [0.5, 0.6) is 0 Å². The monoisotopic (exact) mass is 466 g/mol. The van der Waals surface area contributed by atoms with Gasteiger partial charge in [-0.3, -0.25) is 4.98 Å². The number of aryl methyl sites for hydroxylation is 1. The summed E-state index contributed by atoms with van der Waals surface area (Å²) in [6.07, 6.45) is 7.27. The number of esters is 1. The van der Waals surface area contributed by atoms with Crippen LogP contribution in [0.4, 0.5) is 0 Å². The van der Waals surface area contributed by atoms with Crippen molar-refractivity contribution in [1.29, 1.82) is 0 Å². The van der Waals surface area contributed by atoms with E-state index in [-0.39, 0.29) is 12.1 Å². The number of carbonyl (C=O) groups is 1. The summed E-state index contributed by atoms with van der Waals surface area (Å²) in [6.45, 7) is 8.60. The predicted octanol–water partition coefficient (Wildman–Crippen LogP) is 6.15. The van der Waals surface area contributed by atoms with Crippen molar-refractivity contribution in [3.63, 3.8) is 0 Å². The van der Waals surface area contributed by atoms with Crippen molar-refractivity contribution in [2.45, 2.75) is 52.1 Å². The number of hydrogen-bond donors (Lipinski definition) is 0. The van der Waals surface area contributed by atoms with Crippen LogP contribution < -0.4 is 0 Å². The van der Waals surface area contributed by atoms with Crippen LogP contribution in [0.25, 0.3) is 10.2 Å². The fourth-order valence-electron chi connectivity index (χ4n) is 4.32. The average molecular weight is 467 g/mol. The van der Waals surface area contributed by atoms with Crippen LogP contribution in [0.1, 0.15) is 71.5 Å². The van der Waals surface area contributed by atoms with Crippen LogP contribution in [-0.2, 0) is 9.47 Å². The Hall–Kier alpha value is -2.28. The van der Waals surface area contributed by atoms with Gasteiger partial charge in [0, 0.05) is 17.6 Å². The van der Waals surface area contributed by atoms with Crippen LogP contribution in [0.2, 0.25) is 0 Å². The standard InChI is InChI=1S/C27H34N2O3S/c1-3-4-17-32-27(30)22-12-13-28-23-19-24(33-26(22)23)25(21-11-7-6-10-20(21)2)31-18-16-29-14-8-5-9-15-29/h6-7,10-13,19,25H,3-5,8-9,14-18H2,1-2H3. The van der Waals surface area contributed by atoms with Gasteiger partial charge in [0.05, 0.1) is 29.0 Å². The summed E-state index contributed by atoms with van der Waals surface area (Å²) in [6, 6.07) is 12.2. The molecule has 176 valence electrons. The average Bonchev–Trinajstić information content (AvgIpc) is 3.27. The highest BCUT2D eigenvalue weighted by atomic mass is 32.1. The van der Waals surface area contributed by atoms with Crippen LogP contribution >= 0.6 is 11.3 Å². The molecule has 1 atom stereocenters. The molecule has 1 fully saturated rings. The molecule has 0 amide bonds. The van der Waals surface area contributed by atoms with E-state index in [4.69, 9.17) is 9.47 Å². The maximum Gasteiger partial charge on any atom is 0.339 e. The number of likely N-dealkylation sites (tertiary alicyclic amines) is 1. The third-order valence-electron chi connectivity index (χ3n) is 6.25. The third kappa shape index (κ3) is 5.99. The van der Waals surface area contributed by atoms with Gasteiger partial charge >= 0.3 is 5.97 Å². The molecule has 0 bridgehead atoms. The highest BCUT2D eigenvalue weighted by Crippen LogP contribution is 2.37. The Morgan fingerprint density at radius 1 is 1.15 bits per heavy atom. The van der Waals surface area contributed by atoms with Gasteiger partial charge < -0.3 is 14.4 Å². The van der Waals surface area contributed by atoms with Crippen molar-refractivity contribution in [1.82, 2.24) is 9.88 Å². The second kappa shape index (κ2) is 11.7. The normalized spacial score (nSPS) is 15.6. The molecule has 1 aliphatic rings. The van der Waals surface area contributed by atoms with E-state index >= 15 is 0 Å². The molecule has 3 heterocycles. The Morgan fingerprint density at radius 2 is 1.97 bits per heavy atom. The Kier molecular flexibility index (Phi) is 8.48. The lowest BCUT2D eigenvalue weighted by Gasteiger charge is -2.27. The van der Waals surface area contributed by atoms with Gasteiger partial charge in [-0.25, -0.2) is 4.79 Å². The zero-order valence-electron chi connectivity index (χ0n) is 19.7. The van der Waals surface area contributed by atoms with Crippen LogP contribution in [0.3, 0.4) is 0 Å². The van der Waals surface area contributed by atoms with Gasteiger partial charge in [0.25, 0.3) is 0 Å². The number of hydrogen-bond acceptors (Lipinski definition) is 6. The number of rotatable bonds is 10. The number of thiophene rings is 1. The molecule has 0 aliphatic carbocycles. The number of carbonyl (C=O) groups excluding carboxylic acids is 1. The Balaban J connectivity index is 1.59. The number of piperidine rings is 1. The first-order valence-corrected chi connectivity index (χ1v) is 12.9. The summed E-state index contributed by atoms with van der Waals surface area (Å²) in [7, 11) is 0. The van der Waals surface area contributed by atoms with Gasteiger partial charge in [-0.05, 0) is 62.5 Å². The van der Waals surface area contributed by atoms with Gasteiger partial charge in [0.1, 0.15) is 6.10 Å². The second-order valence-electron chi connectivity index (χ2n) is 8.72. The van der Waals surface area contributed by atoms with Crippen molar-refractivity contribution in [2.24, 2.45) is 0 Å². The molecule has 33 heavy (non-hydrogen) atoms. The first-order valence-electron chi connectivity index (χ1n) is 12.1. The lowest BCUT2D eigenvalue weighted by molar-refractivity contribution is 0.0502. The highest BCUT2D eigenvalue weighted by molar-refractivity contribution is 7.19. The minimum absolute atomic E-state index is 0.181. The number of unbranched alkanes of at least 4 members (excludes halogenated alkanes) is 1. The van der Waals surface area contributed by atoms with Gasteiger partial charge in [-0.2, -0.15) is 0 Å². The molecular weight excluding hydrogens is 432 g/mol. The molecule has 5 nitrogen and oxygen atoms in total. The largest absolute Gasteiger partial charge is 0.462 e. The van der Waals surface area contributed by atoms with Gasteiger partial charge in [-0.1, -0.05) is 44.0 Å². The van der Waals surface area contributed by atoms with Gasteiger partial charge in [-0.15, -0.1) is 11.3 Å². The maximum absolute atomic E-state index is 12.7. The topological polar surface area (TPSA) is 51.7 Å². The summed E-state index contributed by atoms with van der Waals surface area (Å²) in [5.41, 5.74) is 3.77. The smallest absolute Gasteiger partial charge is 0.339 e. The lowest BCUT2D eigenvalue weighted by atomic mass is 10.0. The predicted molar refractivity (Wildman–Crippen MR) is 134 cm³/mol. The van der Waals surface area contributed by atoms with Crippen molar-refractivity contribution < 1.29 is 14.3 Å². The fraction of sp³-hybridized carbons (Fsp3) is 0.481. The first-order chi connectivity index (χ1) is 16.2. The Bertz CT molecular complexity index is 1060. The molecule has 1 unspecified atom stereocenters. The van der Waals surface area contributed by atoms with Crippen molar-refractivity contribution in [3.8, 4) is 0 Å². The summed E-state index contributed by atoms with van der Waals surface area (Å²) < 4.78 is 12.9. The highest BCUT2D eigenvalue weighted by Gasteiger charge is 2.23. The van der Waals surface area contributed by atoms with Gasteiger partial charge in [0.2, 0.25) is 0 Å². The van der Waals surface area contributed by atoms with E-state index < -0.39 is 0 Å². The zero-order chi connectivity index (χ0) is 23.0. The molecule has 6 heteroatoms. The van der Waals surface area contributed by atoms with E-state index in [9.17, 15) is 4.79 Å². The number of aromatic nitrogens is 1. The molecule has 0 spiro atoms. The molecule has 1 aromatic carbocycles. The number of ether oxygens (including phenoxy) is 2.